The Kier molecular flexibility index (Phi) is 10.6. The van der Waals surface area contributed by atoms with Crippen LogP contribution >= 0.6 is 0 Å². The molecule has 0 bridgehead atoms. The number of aliphatic imine (C=N–C) groups is 1. The molecule has 164 valence electrons. The Morgan fingerprint density at radius 3 is 1.96 bits per heavy atom. The van der Waals surface area contributed by atoms with E-state index in [0.717, 1.165) is 19.0 Å². The van der Waals surface area contributed by atoms with Crippen LogP contribution in [0.1, 0.15) is 53.4 Å². The van der Waals surface area contributed by atoms with Crippen LogP contribution in [0.2, 0.25) is 0 Å². The van der Waals surface area contributed by atoms with Crippen LogP contribution in [0.4, 0.5) is 0 Å². The van der Waals surface area contributed by atoms with E-state index in [4.69, 9.17) is 0 Å². The van der Waals surface area contributed by atoms with Gasteiger partial charge in [0, 0.05) is 58.4 Å². The zero-order valence-electron chi connectivity index (χ0n) is 19.2. The molecule has 2 saturated heterocycles. The third-order valence-corrected chi connectivity index (χ3v) is 6.62. The summed E-state index contributed by atoms with van der Waals surface area (Å²) in [5.74, 6) is 1.59. The molecule has 0 aromatic rings. The third kappa shape index (κ3) is 7.53. The quantitative estimate of drug-likeness (QED) is 0.488. The van der Waals surface area contributed by atoms with E-state index in [2.05, 4.69) is 58.0 Å². The highest BCUT2D eigenvalue weighted by atomic mass is 15.3. The maximum absolute atomic E-state index is 4.47. The first-order valence-corrected chi connectivity index (χ1v) is 11.7. The van der Waals surface area contributed by atoms with Crippen LogP contribution in [0.15, 0.2) is 4.99 Å². The van der Waals surface area contributed by atoms with Gasteiger partial charge in [-0.2, -0.15) is 0 Å². The molecule has 2 heterocycles. The second-order valence-corrected chi connectivity index (χ2v) is 8.91. The molecule has 2 rings (SSSR count). The minimum Gasteiger partial charge on any atom is -0.355 e. The van der Waals surface area contributed by atoms with Crippen LogP contribution < -0.4 is 10.6 Å². The molecule has 2 aliphatic heterocycles. The summed E-state index contributed by atoms with van der Waals surface area (Å²) in [5, 5.41) is 7.18. The smallest absolute Gasteiger partial charge is 0.191 e. The maximum Gasteiger partial charge on any atom is 0.191 e. The highest BCUT2D eigenvalue weighted by Crippen LogP contribution is 2.17. The average molecular weight is 395 g/mol. The molecular formula is C22H46N6. The van der Waals surface area contributed by atoms with E-state index in [1.807, 2.05) is 7.05 Å². The molecule has 2 aliphatic rings. The van der Waals surface area contributed by atoms with Crippen molar-refractivity contribution in [2.24, 2.45) is 10.9 Å². The highest BCUT2D eigenvalue weighted by Gasteiger charge is 2.23. The number of piperazine rings is 1. The minimum absolute atomic E-state index is 0.532. The lowest BCUT2D eigenvalue weighted by Gasteiger charge is -2.38. The van der Waals surface area contributed by atoms with Crippen molar-refractivity contribution in [2.45, 2.75) is 65.5 Å². The molecule has 6 nitrogen and oxygen atoms in total. The molecule has 2 unspecified atom stereocenters. The summed E-state index contributed by atoms with van der Waals surface area (Å²) in [5.41, 5.74) is 0. The van der Waals surface area contributed by atoms with Crippen molar-refractivity contribution in [3.63, 3.8) is 0 Å². The molecule has 0 aromatic heterocycles. The minimum atomic E-state index is 0.532. The van der Waals surface area contributed by atoms with Crippen molar-refractivity contribution >= 4 is 5.96 Å². The van der Waals surface area contributed by atoms with Crippen LogP contribution in [0.5, 0.6) is 0 Å². The van der Waals surface area contributed by atoms with Crippen LogP contribution in [0.3, 0.4) is 0 Å². The van der Waals surface area contributed by atoms with E-state index in [9.17, 15) is 0 Å². The zero-order chi connectivity index (χ0) is 20.4. The average Bonchev–Trinajstić information content (AvgIpc) is 2.99. The summed E-state index contributed by atoms with van der Waals surface area (Å²) in [6.45, 7) is 19.6. The van der Waals surface area contributed by atoms with Gasteiger partial charge in [0.2, 0.25) is 0 Å². The Morgan fingerprint density at radius 1 is 0.821 bits per heavy atom. The van der Waals surface area contributed by atoms with Crippen molar-refractivity contribution in [3.05, 3.63) is 0 Å². The molecule has 0 saturated carbocycles. The largest absolute Gasteiger partial charge is 0.355 e. The second-order valence-electron chi connectivity index (χ2n) is 8.91. The van der Waals surface area contributed by atoms with Gasteiger partial charge in [-0.3, -0.25) is 14.8 Å². The SMILES string of the molecule is CCN1CCN(C(C)CNC(=NC)NCC(C(C)C)N2CCCCCC2)CC1. The number of hydrogen-bond acceptors (Lipinski definition) is 4. The highest BCUT2D eigenvalue weighted by molar-refractivity contribution is 5.79. The maximum atomic E-state index is 4.47. The second kappa shape index (κ2) is 12.7. The fourth-order valence-corrected chi connectivity index (χ4v) is 4.53. The number of likely N-dealkylation sites (N-methyl/N-ethyl adjacent to an activating group) is 1. The van der Waals surface area contributed by atoms with Crippen molar-refractivity contribution in [1.29, 1.82) is 0 Å². The number of likely N-dealkylation sites (tertiary alicyclic amines) is 1. The van der Waals surface area contributed by atoms with E-state index in [1.54, 1.807) is 0 Å². The molecule has 0 radical (unpaired) electrons. The van der Waals surface area contributed by atoms with Gasteiger partial charge in [0.25, 0.3) is 0 Å². The van der Waals surface area contributed by atoms with Gasteiger partial charge in [0.1, 0.15) is 0 Å². The standard InChI is InChI=1S/C22H46N6/c1-6-26-13-15-27(16-14-26)20(4)17-24-22(23-5)25-18-21(19(2)3)28-11-9-7-8-10-12-28/h19-21H,6-18H2,1-5H3,(H2,23,24,25). The number of nitrogens with one attached hydrogen (secondary N) is 2. The van der Waals surface area contributed by atoms with Crippen molar-refractivity contribution in [3.8, 4) is 0 Å². The fourth-order valence-electron chi connectivity index (χ4n) is 4.53. The van der Waals surface area contributed by atoms with E-state index >= 15 is 0 Å². The lowest BCUT2D eigenvalue weighted by Crippen LogP contribution is -2.54. The summed E-state index contributed by atoms with van der Waals surface area (Å²) in [4.78, 5) is 12.3. The molecule has 28 heavy (non-hydrogen) atoms. The Labute approximate surface area is 174 Å². The van der Waals surface area contributed by atoms with Gasteiger partial charge in [-0.15, -0.1) is 0 Å². The van der Waals surface area contributed by atoms with Gasteiger partial charge in [0.15, 0.2) is 5.96 Å². The van der Waals surface area contributed by atoms with Crippen LogP contribution in [-0.4, -0.2) is 98.7 Å². The predicted molar refractivity (Wildman–Crippen MR) is 121 cm³/mol. The van der Waals surface area contributed by atoms with Gasteiger partial charge < -0.3 is 15.5 Å². The van der Waals surface area contributed by atoms with E-state index in [-0.39, 0.29) is 0 Å². The predicted octanol–water partition coefficient (Wildman–Crippen LogP) is 2.08. The lowest BCUT2D eigenvalue weighted by atomic mass is 10.0. The van der Waals surface area contributed by atoms with Gasteiger partial charge in [-0.1, -0.05) is 33.6 Å². The van der Waals surface area contributed by atoms with E-state index in [1.165, 1.54) is 71.5 Å². The van der Waals surface area contributed by atoms with Crippen molar-refractivity contribution in [2.75, 3.05) is 66.0 Å². The Morgan fingerprint density at radius 2 is 1.43 bits per heavy atom. The van der Waals surface area contributed by atoms with Crippen molar-refractivity contribution in [1.82, 2.24) is 25.3 Å². The molecule has 0 amide bonds. The Hall–Kier alpha value is -0.850. The van der Waals surface area contributed by atoms with E-state index < -0.39 is 0 Å². The molecule has 6 heteroatoms. The normalized spacial score (nSPS) is 23.4. The Bertz CT molecular complexity index is 436. The van der Waals surface area contributed by atoms with E-state index in [0.29, 0.717) is 18.0 Å². The van der Waals surface area contributed by atoms with Crippen LogP contribution in [0, 0.1) is 5.92 Å². The third-order valence-electron chi connectivity index (χ3n) is 6.62. The molecule has 2 fully saturated rings. The first kappa shape index (κ1) is 23.4. The van der Waals surface area contributed by atoms with Gasteiger partial charge >= 0.3 is 0 Å². The van der Waals surface area contributed by atoms with Gasteiger partial charge in [-0.05, 0) is 45.3 Å². The fraction of sp³-hybridized carbons (Fsp3) is 0.955. The van der Waals surface area contributed by atoms with Crippen molar-refractivity contribution < 1.29 is 0 Å². The summed E-state index contributed by atoms with van der Waals surface area (Å²) in [6.07, 6.45) is 5.47. The van der Waals surface area contributed by atoms with Gasteiger partial charge in [-0.25, -0.2) is 0 Å². The molecule has 0 aliphatic carbocycles. The summed E-state index contributed by atoms with van der Waals surface area (Å²) in [6, 6.07) is 1.11. The number of nitrogens with zero attached hydrogens (tertiary/aromatic N) is 4. The first-order chi connectivity index (χ1) is 13.5. The van der Waals surface area contributed by atoms with Gasteiger partial charge in [0.05, 0.1) is 0 Å². The number of hydrogen-bond donors (Lipinski definition) is 2. The summed E-state index contributed by atoms with van der Waals surface area (Å²) in [7, 11) is 1.89. The Balaban J connectivity index is 1.76. The molecule has 2 N–H and O–H groups in total. The monoisotopic (exact) mass is 394 g/mol. The molecular weight excluding hydrogens is 348 g/mol. The van der Waals surface area contributed by atoms with Crippen LogP contribution in [-0.2, 0) is 0 Å². The number of guanidine groups is 1. The summed E-state index contributed by atoms with van der Waals surface area (Å²) >= 11 is 0. The molecule has 0 aromatic carbocycles. The molecule has 2 atom stereocenters. The first-order valence-electron chi connectivity index (χ1n) is 11.7. The van der Waals surface area contributed by atoms with Crippen LogP contribution in [0.25, 0.3) is 0 Å². The molecule has 0 spiro atoms. The lowest BCUT2D eigenvalue weighted by molar-refractivity contribution is 0.107. The topological polar surface area (TPSA) is 46.1 Å². The summed E-state index contributed by atoms with van der Waals surface area (Å²) < 4.78 is 0. The zero-order valence-corrected chi connectivity index (χ0v) is 19.2. The number of rotatable bonds is 8.